The first-order valence-electron chi connectivity index (χ1n) is 4.44. The Morgan fingerprint density at radius 3 is 2.33 bits per heavy atom. The summed E-state index contributed by atoms with van der Waals surface area (Å²) in [6.45, 7) is 2.31. The smallest absolute Gasteiger partial charge is 0.150 e. The second kappa shape index (κ2) is 3.34. The van der Waals surface area contributed by atoms with Gasteiger partial charge in [0, 0.05) is 5.75 Å². The predicted octanol–water partition coefficient (Wildman–Crippen LogP) is 0.550. The molecule has 4 heteroatoms. The Hall–Kier alpha value is -0.0900. The van der Waals surface area contributed by atoms with Gasteiger partial charge in [-0.25, -0.2) is 8.42 Å². The first kappa shape index (κ1) is 9.99. The first-order valence-corrected chi connectivity index (χ1v) is 6.26. The van der Waals surface area contributed by atoms with E-state index < -0.39 is 9.84 Å². The Balaban J connectivity index is 2.51. The van der Waals surface area contributed by atoms with E-state index in [9.17, 15) is 8.42 Å². The molecule has 0 aromatic rings. The molecular formula is C8H17NO2S. The van der Waals surface area contributed by atoms with Crippen molar-refractivity contribution in [2.45, 2.75) is 26.2 Å². The van der Waals surface area contributed by atoms with Crippen molar-refractivity contribution in [3.8, 4) is 0 Å². The quantitative estimate of drug-likeness (QED) is 0.690. The van der Waals surface area contributed by atoms with Crippen molar-refractivity contribution < 1.29 is 8.42 Å². The minimum absolute atomic E-state index is 0.0730. The Kier molecular flexibility index (Phi) is 2.78. The summed E-state index contributed by atoms with van der Waals surface area (Å²) in [7, 11) is -2.79. The lowest BCUT2D eigenvalue weighted by Gasteiger charge is -2.12. The Bertz CT molecular complexity index is 242. The minimum atomic E-state index is -2.79. The average Bonchev–Trinajstić information content (AvgIpc) is 2.69. The molecule has 72 valence electrons. The average molecular weight is 191 g/mol. The number of nitrogens with two attached hydrogens (primary N) is 1. The summed E-state index contributed by atoms with van der Waals surface area (Å²) in [5.41, 5.74) is 5.49. The van der Waals surface area contributed by atoms with Gasteiger partial charge in [-0.1, -0.05) is 6.92 Å². The van der Waals surface area contributed by atoms with Gasteiger partial charge >= 0.3 is 0 Å². The number of hydrogen-bond acceptors (Lipinski definition) is 3. The van der Waals surface area contributed by atoms with Crippen molar-refractivity contribution in [2.24, 2.45) is 11.1 Å². The topological polar surface area (TPSA) is 60.2 Å². The highest BCUT2D eigenvalue weighted by Gasteiger charge is 2.44. The Morgan fingerprint density at radius 2 is 2.00 bits per heavy atom. The van der Waals surface area contributed by atoms with Gasteiger partial charge in [0.05, 0.1) is 5.75 Å². The fourth-order valence-electron chi connectivity index (χ4n) is 1.52. The maximum absolute atomic E-state index is 11.3. The summed E-state index contributed by atoms with van der Waals surface area (Å²) in [5, 5.41) is 0. The van der Waals surface area contributed by atoms with Crippen molar-refractivity contribution in [1.29, 1.82) is 0 Å². The van der Waals surface area contributed by atoms with Crippen LogP contribution >= 0.6 is 0 Å². The van der Waals surface area contributed by atoms with E-state index in [1.807, 2.05) is 0 Å². The van der Waals surface area contributed by atoms with Crippen LogP contribution in [0.25, 0.3) is 0 Å². The third kappa shape index (κ3) is 2.45. The van der Waals surface area contributed by atoms with Gasteiger partial charge in [0.25, 0.3) is 0 Å². The molecule has 0 amide bonds. The van der Waals surface area contributed by atoms with Gasteiger partial charge < -0.3 is 5.73 Å². The van der Waals surface area contributed by atoms with E-state index in [1.54, 1.807) is 6.92 Å². The summed E-state index contributed by atoms with van der Waals surface area (Å²) < 4.78 is 22.6. The molecule has 1 aliphatic carbocycles. The molecule has 0 spiro atoms. The zero-order chi connectivity index (χ0) is 9.24. The Labute approximate surface area is 74.3 Å². The SMILES string of the molecule is CCS(=O)(=O)CC1(CCN)CC1. The lowest BCUT2D eigenvalue weighted by Crippen LogP contribution is -2.21. The minimum Gasteiger partial charge on any atom is -0.330 e. The Morgan fingerprint density at radius 1 is 1.42 bits per heavy atom. The number of hydrogen-bond donors (Lipinski definition) is 1. The van der Waals surface area contributed by atoms with E-state index in [0.717, 1.165) is 19.3 Å². The second-order valence-corrected chi connectivity index (χ2v) is 6.07. The highest BCUT2D eigenvalue weighted by molar-refractivity contribution is 7.91. The predicted molar refractivity (Wildman–Crippen MR) is 49.7 cm³/mol. The highest BCUT2D eigenvalue weighted by Crippen LogP contribution is 2.49. The van der Waals surface area contributed by atoms with Crippen LogP contribution < -0.4 is 5.73 Å². The van der Waals surface area contributed by atoms with Crippen molar-refractivity contribution in [3.05, 3.63) is 0 Å². The standard InChI is InChI=1S/C8H17NO2S/c1-2-12(10,11)7-8(3-4-8)5-6-9/h2-7,9H2,1H3. The first-order chi connectivity index (χ1) is 5.54. The van der Waals surface area contributed by atoms with Crippen molar-refractivity contribution >= 4 is 9.84 Å². The van der Waals surface area contributed by atoms with E-state index in [2.05, 4.69) is 0 Å². The van der Waals surface area contributed by atoms with Crippen LogP contribution in [0.5, 0.6) is 0 Å². The molecule has 0 saturated heterocycles. The maximum Gasteiger partial charge on any atom is 0.150 e. The van der Waals surface area contributed by atoms with Gasteiger partial charge in [-0.2, -0.15) is 0 Å². The lowest BCUT2D eigenvalue weighted by molar-refractivity contribution is 0.511. The molecule has 1 saturated carbocycles. The second-order valence-electron chi connectivity index (χ2n) is 3.72. The van der Waals surface area contributed by atoms with Crippen molar-refractivity contribution in [1.82, 2.24) is 0 Å². The van der Waals surface area contributed by atoms with Gasteiger partial charge in [0.15, 0.2) is 9.84 Å². The summed E-state index contributed by atoms with van der Waals surface area (Å²) in [4.78, 5) is 0. The molecule has 0 aromatic heterocycles. The van der Waals surface area contributed by atoms with Gasteiger partial charge in [-0.15, -0.1) is 0 Å². The summed E-state index contributed by atoms with van der Waals surface area (Å²) in [6, 6.07) is 0. The van der Waals surface area contributed by atoms with Crippen LogP contribution in [0.3, 0.4) is 0 Å². The summed E-state index contributed by atoms with van der Waals surface area (Å²) >= 11 is 0. The maximum atomic E-state index is 11.3. The molecule has 0 aromatic carbocycles. The van der Waals surface area contributed by atoms with E-state index in [-0.39, 0.29) is 11.2 Å². The zero-order valence-electron chi connectivity index (χ0n) is 7.54. The van der Waals surface area contributed by atoms with Crippen LogP contribution in [0.15, 0.2) is 0 Å². The molecule has 0 radical (unpaired) electrons. The lowest BCUT2D eigenvalue weighted by atomic mass is 10.1. The van der Waals surface area contributed by atoms with Gasteiger partial charge in [0.2, 0.25) is 0 Å². The molecular weight excluding hydrogens is 174 g/mol. The third-order valence-corrected chi connectivity index (χ3v) is 4.53. The molecule has 1 rings (SSSR count). The van der Waals surface area contributed by atoms with Gasteiger partial charge in [-0.3, -0.25) is 0 Å². The van der Waals surface area contributed by atoms with Gasteiger partial charge in [-0.05, 0) is 31.2 Å². The van der Waals surface area contributed by atoms with E-state index in [1.165, 1.54) is 0 Å². The summed E-state index contributed by atoms with van der Waals surface area (Å²) in [6.07, 6.45) is 2.96. The molecule has 0 aliphatic heterocycles. The van der Waals surface area contributed by atoms with Crippen LogP contribution in [0, 0.1) is 5.41 Å². The van der Waals surface area contributed by atoms with Crippen molar-refractivity contribution in [3.63, 3.8) is 0 Å². The molecule has 0 bridgehead atoms. The molecule has 2 N–H and O–H groups in total. The van der Waals surface area contributed by atoms with Crippen LogP contribution in [0.4, 0.5) is 0 Å². The molecule has 0 atom stereocenters. The largest absolute Gasteiger partial charge is 0.330 e. The fourth-order valence-corrected chi connectivity index (χ4v) is 3.09. The van der Waals surface area contributed by atoms with E-state index in [0.29, 0.717) is 12.3 Å². The number of rotatable bonds is 5. The fraction of sp³-hybridized carbons (Fsp3) is 1.00. The van der Waals surface area contributed by atoms with Crippen LogP contribution in [-0.4, -0.2) is 26.5 Å². The summed E-state index contributed by atoms with van der Waals surface area (Å²) in [5.74, 6) is 0.618. The monoisotopic (exact) mass is 191 g/mol. The van der Waals surface area contributed by atoms with E-state index in [4.69, 9.17) is 5.73 Å². The van der Waals surface area contributed by atoms with Crippen molar-refractivity contribution in [2.75, 3.05) is 18.1 Å². The van der Waals surface area contributed by atoms with Crippen LogP contribution in [-0.2, 0) is 9.84 Å². The zero-order valence-corrected chi connectivity index (χ0v) is 8.36. The third-order valence-electron chi connectivity index (χ3n) is 2.60. The van der Waals surface area contributed by atoms with Gasteiger partial charge in [0.1, 0.15) is 0 Å². The molecule has 0 unspecified atom stereocenters. The molecule has 0 heterocycles. The molecule has 3 nitrogen and oxygen atoms in total. The highest BCUT2D eigenvalue weighted by atomic mass is 32.2. The molecule has 1 fully saturated rings. The number of sulfone groups is 1. The van der Waals surface area contributed by atoms with Crippen LogP contribution in [0.2, 0.25) is 0 Å². The molecule has 12 heavy (non-hydrogen) atoms. The normalized spacial score (nSPS) is 20.8. The molecule has 1 aliphatic rings. The van der Waals surface area contributed by atoms with E-state index >= 15 is 0 Å². The van der Waals surface area contributed by atoms with Crippen LogP contribution in [0.1, 0.15) is 26.2 Å².